The molecule has 0 saturated carbocycles. The number of fused-ring (bicyclic) bond motifs is 4. The van der Waals surface area contributed by atoms with Gasteiger partial charge in [-0.25, -0.2) is 4.39 Å². The number of ether oxygens (including phenoxy) is 2. The van der Waals surface area contributed by atoms with Crippen LogP contribution in [0.3, 0.4) is 0 Å². The predicted molar refractivity (Wildman–Crippen MR) is 77.2 cm³/mol. The fourth-order valence-electron chi connectivity index (χ4n) is 2.99. The highest BCUT2D eigenvalue weighted by molar-refractivity contribution is 7.80. The molecule has 3 atom stereocenters. The zero-order valence-corrected chi connectivity index (χ0v) is 12.7. The first kappa shape index (κ1) is 14.1. The van der Waals surface area contributed by atoms with Crippen molar-refractivity contribution in [3.63, 3.8) is 0 Å². The molecule has 3 rings (SSSR count). The van der Waals surface area contributed by atoms with Crippen LogP contribution in [0.1, 0.15) is 18.5 Å². The molecule has 1 N–H and O–H groups in total. The van der Waals surface area contributed by atoms with E-state index in [0.717, 1.165) is 0 Å². The summed E-state index contributed by atoms with van der Waals surface area (Å²) in [6, 6.07) is 4.15. The van der Waals surface area contributed by atoms with Crippen molar-refractivity contribution >= 4 is 23.3 Å². The lowest BCUT2D eigenvalue weighted by Gasteiger charge is -2.54. The van der Waals surface area contributed by atoms with Crippen LogP contribution in [-0.2, 0) is 9.53 Å². The lowest BCUT2D eigenvalue weighted by Crippen LogP contribution is -2.70. The monoisotopic (exact) mass is 310 g/mol. The van der Waals surface area contributed by atoms with E-state index in [-0.39, 0.29) is 5.75 Å². The maximum atomic E-state index is 14.1. The standard InChI is InChI=1S/C14H15FN2O3S/c1-14-9(12(18)19-3)10(16-13(21)17(14)2)7-5-4-6-8(15)11(7)20-14/h4-6,9-10H,1-3H3,(H,16,21). The van der Waals surface area contributed by atoms with E-state index in [1.807, 2.05) is 0 Å². The number of carbonyl (C=O) groups excluding carboxylic acids is 1. The van der Waals surface area contributed by atoms with Gasteiger partial charge >= 0.3 is 5.97 Å². The van der Waals surface area contributed by atoms with Gasteiger partial charge in [-0.1, -0.05) is 12.1 Å². The van der Waals surface area contributed by atoms with Crippen LogP contribution >= 0.6 is 12.2 Å². The van der Waals surface area contributed by atoms with E-state index in [2.05, 4.69) is 5.32 Å². The van der Waals surface area contributed by atoms with Gasteiger partial charge in [0.1, 0.15) is 5.92 Å². The van der Waals surface area contributed by atoms with Gasteiger partial charge in [0.05, 0.1) is 13.2 Å². The Bertz CT molecular complexity index is 639. The van der Waals surface area contributed by atoms with Crippen molar-refractivity contribution in [2.75, 3.05) is 14.2 Å². The second kappa shape index (κ2) is 4.56. The molecular formula is C14H15FN2O3S. The van der Waals surface area contributed by atoms with Gasteiger partial charge in [-0.3, -0.25) is 4.79 Å². The number of nitrogens with one attached hydrogen (secondary N) is 1. The number of methoxy groups -OCH3 is 1. The van der Waals surface area contributed by atoms with Gasteiger partial charge in [-0.2, -0.15) is 0 Å². The van der Waals surface area contributed by atoms with Crippen LogP contribution < -0.4 is 10.1 Å². The van der Waals surface area contributed by atoms with E-state index >= 15 is 0 Å². The third-order valence-electron chi connectivity index (χ3n) is 4.26. The lowest BCUT2D eigenvalue weighted by atomic mass is 9.79. The Morgan fingerprint density at radius 3 is 2.95 bits per heavy atom. The quantitative estimate of drug-likeness (QED) is 0.628. The van der Waals surface area contributed by atoms with Crippen molar-refractivity contribution in [3.8, 4) is 5.75 Å². The van der Waals surface area contributed by atoms with E-state index < -0.39 is 29.5 Å². The normalized spacial score (nSPS) is 30.1. The van der Waals surface area contributed by atoms with Crippen molar-refractivity contribution in [1.29, 1.82) is 0 Å². The highest BCUT2D eigenvalue weighted by Crippen LogP contribution is 2.48. The first-order valence-corrected chi connectivity index (χ1v) is 6.90. The first-order chi connectivity index (χ1) is 9.90. The summed E-state index contributed by atoms with van der Waals surface area (Å²) in [4.78, 5) is 13.8. The Balaban J connectivity index is 2.22. The van der Waals surface area contributed by atoms with Crippen LogP contribution in [0.4, 0.5) is 4.39 Å². The van der Waals surface area contributed by atoms with Crippen LogP contribution in [0, 0.1) is 11.7 Å². The van der Waals surface area contributed by atoms with Crippen molar-refractivity contribution < 1.29 is 18.7 Å². The Morgan fingerprint density at radius 2 is 2.29 bits per heavy atom. The molecular weight excluding hydrogens is 295 g/mol. The molecule has 0 amide bonds. The van der Waals surface area contributed by atoms with Gasteiger partial charge in [0.15, 0.2) is 22.4 Å². The average molecular weight is 310 g/mol. The van der Waals surface area contributed by atoms with E-state index in [9.17, 15) is 9.18 Å². The Morgan fingerprint density at radius 1 is 1.57 bits per heavy atom. The number of benzene rings is 1. The number of rotatable bonds is 1. The summed E-state index contributed by atoms with van der Waals surface area (Å²) in [7, 11) is 3.02. The molecule has 0 radical (unpaired) electrons. The minimum Gasteiger partial charge on any atom is -0.469 e. The number of thiocarbonyl (C=S) groups is 1. The Kier molecular flexibility index (Phi) is 3.05. The Hall–Kier alpha value is -1.89. The largest absolute Gasteiger partial charge is 0.469 e. The molecule has 5 nitrogen and oxygen atoms in total. The molecule has 0 aliphatic carbocycles. The third-order valence-corrected chi connectivity index (χ3v) is 4.65. The SMILES string of the molecule is COC(=O)C1C2NC(=S)N(C)C1(C)Oc1c(F)cccc12. The van der Waals surface area contributed by atoms with Gasteiger partial charge < -0.3 is 19.7 Å². The second-order valence-corrected chi connectivity index (χ2v) is 5.69. The molecule has 2 bridgehead atoms. The number of para-hydroxylation sites is 1. The molecule has 1 fully saturated rings. The van der Waals surface area contributed by atoms with Crippen LogP contribution in [-0.4, -0.2) is 35.9 Å². The number of carbonyl (C=O) groups is 1. The topological polar surface area (TPSA) is 50.8 Å². The van der Waals surface area contributed by atoms with Crippen molar-refractivity contribution in [2.45, 2.75) is 18.7 Å². The average Bonchev–Trinajstić information content (AvgIpc) is 2.46. The molecule has 1 saturated heterocycles. The van der Waals surface area contributed by atoms with Gasteiger partial charge in [-0.15, -0.1) is 0 Å². The summed E-state index contributed by atoms with van der Waals surface area (Å²) in [6.45, 7) is 1.71. The summed E-state index contributed by atoms with van der Waals surface area (Å²) in [5.74, 6) is -1.41. The van der Waals surface area contributed by atoms with Crippen molar-refractivity contribution in [1.82, 2.24) is 10.2 Å². The third kappa shape index (κ3) is 1.80. The van der Waals surface area contributed by atoms with Gasteiger partial charge in [-0.05, 0) is 25.2 Å². The maximum Gasteiger partial charge on any atom is 0.317 e. The van der Waals surface area contributed by atoms with E-state index in [1.165, 1.54) is 13.2 Å². The molecule has 0 spiro atoms. The van der Waals surface area contributed by atoms with Gasteiger partial charge in [0, 0.05) is 12.6 Å². The number of nitrogens with zero attached hydrogens (tertiary/aromatic N) is 1. The smallest absolute Gasteiger partial charge is 0.317 e. The molecule has 21 heavy (non-hydrogen) atoms. The number of hydrogen-bond acceptors (Lipinski definition) is 4. The lowest BCUT2D eigenvalue weighted by molar-refractivity contribution is -0.171. The van der Waals surface area contributed by atoms with E-state index in [4.69, 9.17) is 21.7 Å². The minimum absolute atomic E-state index is 0.145. The minimum atomic E-state index is -1.10. The highest BCUT2D eigenvalue weighted by atomic mass is 32.1. The molecule has 7 heteroatoms. The fourth-order valence-corrected chi connectivity index (χ4v) is 3.30. The Labute approximate surface area is 127 Å². The summed E-state index contributed by atoms with van der Waals surface area (Å²) in [5, 5.41) is 3.52. The van der Waals surface area contributed by atoms with Crippen LogP contribution in [0.25, 0.3) is 0 Å². The van der Waals surface area contributed by atoms with Gasteiger partial charge in [0.2, 0.25) is 0 Å². The fraction of sp³-hybridized carbons (Fsp3) is 0.429. The summed E-state index contributed by atoms with van der Waals surface area (Å²) in [6.07, 6.45) is 0. The molecule has 2 aliphatic heterocycles. The summed E-state index contributed by atoms with van der Waals surface area (Å²) in [5.41, 5.74) is -0.534. The second-order valence-electron chi connectivity index (χ2n) is 5.30. The van der Waals surface area contributed by atoms with Crippen LogP contribution in [0.5, 0.6) is 5.75 Å². The molecule has 3 unspecified atom stereocenters. The summed E-state index contributed by atoms with van der Waals surface area (Å²) < 4.78 is 24.8. The van der Waals surface area contributed by atoms with Crippen LogP contribution in [0.2, 0.25) is 0 Å². The molecule has 0 aromatic heterocycles. The molecule has 112 valence electrons. The number of hydrogen-bond donors (Lipinski definition) is 1. The van der Waals surface area contributed by atoms with Crippen LogP contribution in [0.15, 0.2) is 18.2 Å². The maximum absolute atomic E-state index is 14.1. The summed E-state index contributed by atoms with van der Waals surface area (Å²) >= 11 is 5.28. The number of esters is 1. The predicted octanol–water partition coefficient (Wildman–Crippen LogP) is 1.58. The first-order valence-electron chi connectivity index (χ1n) is 6.49. The number of halogens is 1. The van der Waals surface area contributed by atoms with Gasteiger partial charge in [0.25, 0.3) is 0 Å². The molecule has 2 aliphatic rings. The van der Waals surface area contributed by atoms with E-state index in [1.54, 1.807) is 31.0 Å². The molecule has 1 aromatic rings. The zero-order chi connectivity index (χ0) is 15.4. The van der Waals surface area contributed by atoms with E-state index in [0.29, 0.717) is 10.7 Å². The zero-order valence-electron chi connectivity index (χ0n) is 11.8. The van der Waals surface area contributed by atoms with Crippen molar-refractivity contribution in [3.05, 3.63) is 29.6 Å². The highest BCUT2D eigenvalue weighted by Gasteiger charge is 2.58. The molecule has 1 aromatic carbocycles. The van der Waals surface area contributed by atoms with Crippen molar-refractivity contribution in [2.24, 2.45) is 5.92 Å². The molecule has 2 heterocycles.